The molecule has 0 aromatic heterocycles. The smallest absolute Gasteiger partial charge is 0.211 e. The van der Waals surface area contributed by atoms with Crippen LogP contribution >= 0.6 is 0 Å². The number of para-hydroxylation sites is 1. The monoisotopic (exact) mass is 301 g/mol. The summed E-state index contributed by atoms with van der Waals surface area (Å²) >= 11 is 0. The highest BCUT2D eigenvalue weighted by atomic mass is 32.2. The van der Waals surface area contributed by atoms with Gasteiger partial charge in [-0.2, -0.15) is 4.31 Å². The molecule has 0 atom stereocenters. The molecule has 0 bridgehead atoms. The lowest BCUT2D eigenvalue weighted by atomic mass is 10.1. The topological polar surface area (TPSA) is 66.6 Å². The Kier molecular flexibility index (Phi) is 4.62. The molecule has 1 heterocycles. The van der Waals surface area contributed by atoms with Crippen LogP contribution in [0.3, 0.4) is 0 Å². The van der Waals surface area contributed by atoms with Crippen molar-refractivity contribution in [2.75, 3.05) is 43.9 Å². The standard InChI is InChI=1S/C13H20FN3O2S/c1-20(18,19)17-9-7-16(8-10-17)13-11(5-6-15)3-2-4-12(13)14/h2-4H,5-10,15H2,1H3. The molecule has 0 aliphatic carbocycles. The Balaban J connectivity index is 2.18. The summed E-state index contributed by atoms with van der Waals surface area (Å²) in [5.74, 6) is -0.274. The lowest BCUT2D eigenvalue weighted by Crippen LogP contribution is -2.48. The predicted octanol–water partition coefficient (Wildman–Crippen LogP) is 0.408. The molecule has 0 amide bonds. The van der Waals surface area contributed by atoms with Gasteiger partial charge in [0.1, 0.15) is 5.82 Å². The second kappa shape index (κ2) is 6.07. The van der Waals surface area contributed by atoms with E-state index in [9.17, 15) is 12.8 Å². The first kappa shape index (κ1) is 15.2. The first-order chi connectivity index (χ1) is 9.43. The lowest BCUT2D eigenvalue weighted by Gasteiger charge is -2.35. The van der Waals surface area contributed by atoms with Gasteiger partial charge in [-0.05, 0) is 24.6 Å². The van der Waals surface area contributed by atoms with Gasteiger partial charge < -0.3 is 10.6 Å². The molecule has 20 heavy (non-hydrogen) atoms. The number of nitrogens with two attached hydrogens (primary N) is 1. The summed E-state index contributed by atoms with van der Waals surface area (Å²) in [5.41, 5.74) is 7.00. The van der Waals surface area contributed by atoms with Gasteiger partial charge in [-0.1, -0.05) is 12.1 Å². The fraction of sp³-hybridized carbons (Fsp3) is 0.538. The maximum atomic E-state index is 14.1. The van der Waals surface area contributed by atoms with Crippen molar-refractivity contribution in [3.63, 3.8) is 0 Å². The summed E-state index contributed by atoms with van der Waals surface area (Å²) in [6.07, 6.45) is 1.81. The van der Waals surface area contributed by atoms with Crippen LogP contribution in [0.25, 0.3) is 0 Å². The van der Waals surface area contributed by atoms with E-state index in [1.807, 2.05) is 11.0 Å². The molecule has 5 nitrogen and oxygen atoms in total. The Morgan fingerprint density at radius 2 is 1.90 bits per heavy atom. The summed E-state index contributed by atoms with van der Waals surface area (Å²) in [7, 11) is -3.17. The van der Waals surface area contributed by atoms with E-state index in [1.165, 1.54) is 16.6 Å². The quantitative estimate of drug-likeness (QED) is 0.875. The predicted molar refractivity (Wildman–Crippen MR) is 77.8 cm³/mol. The summed E-state index contributed by atoms with van der Waals surface area (Å²) in [4.78, 5) is 1.90. The minimum Gasteiger partial charge on any atom is -0.366 e. The van der Waals surface area contributed by atoms with Crippen molar-refractivity contribution < 1.29 is 12.8 Å². The van der Waals surface area contributed by atoms with Gasteiger partial charge in [0.2, 0.25) is 10.0 Å². The van der Waals surface area contributed by atoms with Gasteiger partial charge in [0.15, 0.2) is 0 Å². The van der Waals surface area contributed by atoms with E-state index >= 15 is 0 Å². The summed E-state index contributed by atoms with van der Waals surface area (Å²) in [5, 5.41) is 0. The number of piperazine rings is 1. The Morgan fingerprint density at radius 3 is 2.45 bits per heavy atom. The van der Waals surface area contributed by atoms with Gasteiger partial charge in [-0.3, -0.25) is 0 Å². The van der Waals surface area contributed by atoms with Gasteiger partial charge in [0, 0.05) is 26.2 Å². The number of anilines is 1. The Labute approximate surface area is 119 Å². The highest BCUT2D eigenvalue weighted by molar-refractivity contribution is 7.88. The van der Waals surface area contributed by atoms with Crippen molar-refractivity contribution >= 4 is 15.7 Å². The Hall–Kier alpha value is -1.18. The maximum Gasteiger partial charge on any atom is 0.211 e. The number of rotatable bonds is 4. The van der Waals surface area contributed by atoms with Gasteiger partial charge in [0.05, 0.1) is 11.9 Å². The van der Waals surface area contributed by atoms with E-state index in [0.29, 0.717) is 44.8 Å². The molecule has 112 valence electrons. The van der Waals surface area contributed by atoms with Crippen molar-refractivity contribution in [3.8, 4) is 0 Å². The van der Waals surface area contributed by atoms with Gasteiger partial charge >= 0.3 is 0 Å². The molecule has 1 fully saturated rings. The van der Waals surface area contributed by atoms with E-state index in [1.54, 1.807) is 6.07 Å². The first-order valence-electron chi connectivity index (χ1n) is 6.61. The maximum absolute atomic E-state index is 14.1. The molecule has 1 aliphatic rings. The van der Waals surface area contributed by atoms with Crippen LogP contribution < -0.4 is 10.6 Å². The summed E-state index contributed by atoms with van der Waals surface area (Å²) < 4.78 is 38.5. The van der Waals surface area contributed by atoms with Crippen molar-refractivity contribution in [2.24, 2.45) is 5.73 Å². The van der Waals surface area contributed by atoms with Crippen LogP contribution in [0.5, 0.6) is 0 Å². The molecule has 2 N–H and O–H groups in total. The number of nitrogens with zero attached hydrogens (tertiary/aromatic N) is 2. The number of benzene rings is 1. The third-order valence-electron chi connectivity index (χ3n) is 3.51. The molecule has 1 aromatic rings. The van der Waals surface area contributed by atoms with Crippen LogP contribution in [0, 0.1) is 5.82 Å². The van der Waals surface area contributed by atoms with E-state index < -0.39 is 10.0 Å². The zero-order chi connectivity index (χ0) is 14.8. The lowest BCUT2D eigenvalue weighted by molar-refractivity contribution is 0.386. The van der Waals surface area contributed by atoms with Crippen LogP contribution in [0.4, 0.5) is 10.1 Å². The van der Waals surface area contributed by atoms with Gasteiger partial charge in [0.25, 0.3) is 0 Å². The molecule has 2 rings (SSSR count). The molecule has 1 saturated heterocycles. The van der Waals surface area contributed by atoms with E-state index in [4.69, 9.17) is 5.73 Å². The molecule has 1 aromatic carbocycles. The number of hydrogen-bond donors (Lipinski definition) is 1. The average molecular weight is 301 g/mol. The normalized spacial score (nSPS) is 17.4. The van der Waals surface area contributed by atoms with Crippen LogP contribution in [-0.4, -0.2) is 51.7 Å². The Bertz CT molecular complexity index is 569. The molecule has 0 unspecified atom stereocenters. The highest BCUT2D eigenvalue weighted by Crippen LogP contribution is 2.26. The third kappa shape index (κ3) is 3.28. The van der Waals surface area contributed by atoms with Crippen molar-refractivity contribution in [1.82, 2.24) is 4.31 Å². The van der Waals surface area contributed by atoms with Crippen molar-refractivity contribution in [2.45, 2.75) is 6.42 Å². The van der Waals surface area contributed by atoms with Crippen LogP contribution in [0.2, 0.25) is 0 Å². The third-order valence-corrected chi connectivity index (χ3v) is 4.81. The van der Waals surface area contributed by atoms with E-state index in [0.717, 1.165) is 5.56 Å². The fourth-order valence-electron chi connectivity index (χ4n) is 2.51. The number of hydrogen-bond acceptors (Lipinski definition) is 4. The molecule has 1 aliphatic heterocycles. The Morgan fingerprint density at radius 1 is 1.25 bits per heavy atom. The molecule has 0 radical (unpaired) electrons. The van der Waals surface area contributed by atoms with Crippen molar-refractivity contribution in [1.29, 1.82) is 0 Å². The zero-order valence-corrected chi connectivity index (χ0v) is 12.4. The molecular formula is C13H20FN3O2S. The minimum absolute atomic E-state index is 0.274. The minimum atomic E-state index is -3.17. The molecule has 0 spiro atoms. The molecule has 0 saturated carbocycles. The second-order valence-corrected chi connectivity index (χ2v) is 6.92. The number of sulfonamides is 1. The highest BCUT2D eigenvalue weighted by Gasteiger charge is 2.25. The average Bonchev–Trinajstić information content (AvgIpc) is 2.38. The largest absolute Gasteiger partial charge is 0.366 e. The zero-order valence-electron chi connectivity index (χ0n) is 11.5. The first-order valence-corrected chi connectivity index (χ1v) is 8.46. The SMILES string of the molecule is CS(=O)(=O)N1CCN(c2c(F)cccc2CCN)CC1. The molecule has 7 heteroatoms. The summed E-state index contributed by atoms with van der Waals surface area (Å²) in [6, 6.07) is 4.98. The van der Waals surface area contributed by atoms with Crippen LogP contribution in [-0.2, 0) is 16.4 Å². The molecular weight excluding hydrogens is 281 g/mol. The fourth-order valence-corrected chi connectivity index (χ4v) is 3.34. The van der Waals surface area contributed by atoms with Gasteiger partial charge in [-0.15, -0.1) is 0 Å². The van der Waals surface area contributed by atoms with E-state index in [2.05, 4.69) is 0 Å². The van der Waals surface area contributed by atoms with Crippen LogP contribution in [0.15, 0.2) is 18.2 Å². The second-order valence-electron chi connectivity index (χ2n) is 4.94. The van der Waals surface area contributed by atoms with Crippen molar-refractivity contribution in [3.05, 3.63) is 29.6 Å². The van der Waals surface area contributed by atoms with E-state index in [-0.39, 0.29) is 5.82 Å². The summed E-state index contributed by atoms with van der Waals surface area (Å²) in [6.45, 7) is 2.21. The van der Waals surface area contributed by atoms with Gasteiger partial charge in [-0.25, -0.2) is 12.8 Å². The van der Waals surface area contributed by atoms with Crippen LogP contribution in [0.1, 0.15) is 5.56 Å². The number of halogens is 1.